The number of aromatic nitrogens is 1. The van der Waals surface area contributed by atoms with Gasteiger partial charge in [0.15, 0.2) is 0 Å². The molecule has 1 N–H and O–H groups in total. The van der Waals surface area contributed by atoms with Crippen molar-refractivity contribution in [1.29, 1.82) is 0 Å². The summed E-state index contributed by atoms with van der Waals surface area (Å²) in [5.74, 6) is 0.398. The van der Waals surface area contributed by atoms with Gasteiger partial charge in [0.1, 0.15) is 12.4 Å². The Morgan fingerprint density at radius 3 is 2.71 bits per heavy atom. The molecule has 0 bridgehead atoms. The molecule has 1 aromatic heterocycles. The highest BCUT2D eigenvalue weighted by atomic mass is 16.5. The lowest BCUT2D eigenvalue weighted by molar-refractivity contribution is -0.115. The SMILES string of the molecule is CCC(=O)Nc1ccc2c(c1)OC[C@@H](C)N(Cc1ccccn1)C[C@H](C)[C@H](OC)CN(C)C2=O. The number of nitrogens with zero attached hydrogens (tertiary/aromatic N) is 3. The van der Waals surface area contributed by atoms with Crippen molar-refractivity contribution in [3.63, 3.8) is 0 Å². The van der Waals surface area contributed by atoms with E-state index >= 15 is 0 Å². The molecule has 0 aliphatic carbocycles. The number of amides is 2. The quantitative estimate of drug-likeness (QED) is 0.724. The molecule has 0 spiro atoms. The number of ether oxygens (including phenoxy) is 2. The van der Waals surface area contributed by atoms with Gasteiger partial charge in [-0.1, -0.05) is 19.9 Å². The number of methoxy groups -OCH3 is 1. The first-order valence-corrected chi connectivity index (χ1v) is 11.8. The standard InChI is InChI=1S/C26H36N4O4/c1-6-25(31)28-20-10-11-22-23(13-20)34-17-19(3)30(15-21-9-7-8-12-27-21)14-18(2)24(33-5)16-29(4)26(22)32/h7-13,18-19,24H,6,14-17H2,1-5H3,(H,28,31)/t18-,19+,24+/m0/s1. The minimum Gasteiger partial charge on any atom is -0.491 e. The lowest BCUT2D eigenvalue weighted by Crippen LogP contribution is -2.46. The average molecular weight is 469 g/mol. The normalized spacial score (nSPS) is 22.2. The lowest BCUT2D eigenvalue weighted by Gasteiger charge is -2.35. The van der Waals surface area contributed by atoms with Gasteiger partial charge >= 0.3 is 0 Å². The van der Waals surface area contributed by atoms with Crippen LogP contribution in [0.4, 0.5) is 5.69 Å². The summed E-state index contributed by atoms with van der Waals surface area (Å²) in [5, 5.41) is 2.85. The van der Waals surface area contributed by atoms with Crippen LogP contribution in [0.2, 0.25) is 0 Å². The van der Waals surface area contributed by atoms with E-state index in [0.717, 1.165) is 12.2 Å². The van der Waals surface area contributed by atoms with Crippen molar-refractivity contribution in [1.82, 2.24) is 14.8 Å². The number of hydrogen-bond donors (Lipinski definition) is 1. The van der Waals surface area contributed by atoms with E-state index in [9.17, 15) is 9.59 Å². The zero-order valence-electron chi connectivity index (χ0n) is 20.8. The molecule has 2 aromatic rings. The summed E-state index contributed by atoms with van der Waals surface area (Å²) in [6, 6.07) is 11.2. The number of pyridine rings is 1. The van der Waals surface area contributed by atoms with Gasteiger partial charge in [0.05, 0.1) is 17.4 Å². The van der Waals surface area contributed by atoms with Crippen molar-refractivity contribution in [2.24, 2.45) is 5.92 Å². The Hall–Kier alpha value is -2.97. The summed E-state index contributed by atoms with van der Waals surface area (Å²) in [7, 11) is 3.47. The van der Waals surface area contributed by atoms with Crippen molar-refractivity contribution in [2.75, 3.05) is 39.2 Å². The molecule has 8 nitrogen and oxygen atoms in total. The van der Waals surface area contributed by atoms with Crippen LogP contribution in [0.25, 0.3) is 0 Å². The fourth-order valence-electron chi connectivity index (χ4n) is 4.09. The fraction of sp³-hybridized carbons (Fsp3) is 0.500. The van der Waals surface area contributed by atoms with Crippen LogP contribution in [-0.4, -0.2) is 72.6 Å². The average Bonchev–Trinajstić information content (AvgIpc) is 2.84. The maximum Gasteiger partial charge on any atom is 0.257 e. The van der Waals surface area contributed by atoms with Crippen LogP contribution >= 0.6 is 0 Å². The minimum absolute atomic E-state index is 0.0518. The Kier molecular flexibility index (Phi) is 9.01. The molecule has 184 valence electrons. The monoisotopic (exact) mass is 468 g/mol. The van der Waals surface area contributed by atoms with Crippen LogP contribution in [0.3, 0.4) is 0 Å². The molecule has 0 radical (unpaired) electrons. The Labute approximate surface area is 202 Å². The topological polar surface area (TPSA) is 84.0 Å². The summed E-state index contributed by atoms with van der Waals surface area (Å²) in [6.07, 6.45) is 2.05. The van der Waals surface area contributed by atoms with Gasteiger partial charge in [0.25, 0.3) is 5.91 Å². The first-order valence-electron chi connectivity index (χ1n) is 11.8. The number of rotatable bonds is 5. The highest BCUT2D eigenvalue weighted by Gasteiger charge is 2.28. The van der Waals surface area contributed by atoms with E-state index in [1.165, 1.54) is 0 Å². The van der Waals surface area contributed by atoms with Crippen LogP contribution in [-0.2, 0) is 16.1 Å². The third kappa shape index (κ3) is 6.55. The molecule has 1 aliphatic heterocycles. The molecule has 3 atom stereocenters. The van der Waals surface area contributed by atoms with Gasteiger partial charge in [-0.3, -0.25) is 19.5 Å². The van der Waals surface area contributed by atoms with E-state index in [4.69, 9.17) is 9.47 Å². The lowest BCUT2D eigenvalue weighted by atomic mass is 10.0. The van der Waals surface area contributed by atoms with Crippen LogP contribution < -0.4 is 10.1 Å². The summed E-state index contributed by atoms with van der Waals surface area (Å²) < 4.78 is 12.0. The van der Waals surface area contributed by atoms with Crippen molar-refractivity contribution >= 4 is 17.5 Å². The van der Waals surface area contributed by atoms with E-state index in [1.807, 2.05) is 18.2 Å². The van der Waals surface area contributed by atoms with Gasteiger partial charge < -0.3 is 19.7 Å². The number of carbonyl (C=O) groups is 2. The molecule has 0 saturated heterocycles. The van der Waals surface area contributed by atoms with E-state index < -0.39 is 0 Å². The summed E-state index contributed by atoms with van der Waals surface area (Å²) in [4.78, 5) is 33.7. The number of hydrogen-bond acceptors (Lipinski definition) is 6. The number of benzene rings is 1. The van der Waals surface area contributed by atoms with Crippen molar-refractivity contribution in [2.45, 2.75) is 45.9 Å². The number of nitrogens with one attached hydrogen (secondary N) is 1. The van der Waals surface area contributed by atoms with Crippen molar-refractivity contribution in [3.8, 4) is 5.75 Å². The smallest absolute Gasteiger partial charge is 0.257 e. The van der Waals surface area contributed by atoms with Gasteiger partial charge in [-0.05, 0) is 37.1 Å². The molecule has 2 amide bonds. The Morgan fingerprint density at radius 2 is 2.03 bits per heavy atom. The molecule has 0 fully saturated rings. The Bertz CT molecular complexity index is 969. The van der Waals surface area contributed by atoms with Crippen LogP contribution in [0.15, 0.2) is 42.6 Å². The highest BCUT2D eigenvalue weighted by molar-refractivity contribution is 5.98. The summed E-state index contributed by atoms with van der Waals surface area (Å²) >= 11 is 0. The largest absolute Gasteiger partial charge is 0.491 e. The van der Waals surface area contributed by atoms with E-state index in [1.54, 1.807) is 50.4 Å². The molecule has 2 heterocycles. The number of carbonyl (C=O) groups excluding carboxylic acids is 2. The Morgan fingerprint density at radius 1 is 1.24 bits per heavy atom. The van der Waals surface area contributed by atoms with Crippen molar-refractivity contribution < 1.29 is 19.1 Å². The third-order valence-electron chi connectivity index (χ3n) is 6.27. The second-order valence-corrected chi connectivity index (χ2v) is 8.96. The Balaban J connectivity index is 1.94. The first-order chi connectivity index (χ1) is 16.3. The number of fused-ring (bicyclic) bond motifs is 1. The summed E-state index contributed by atoms with van der Waals surface area (Å²) in [6.45, 7) is 8.33. The molecular weight excluding hydrogens is 432 g/mol. The van der Waals surface area contributed by atoms with Crippen LogP contribution in [0, 0.1) is 5.92 Å². The zero-order valence-corrected chi connectivity index (χ0v) is 20.8. The van der Waals surface area contributed by atoms with Crippen LogP contribution in [0.1, 0.15) is 43.2 Å². The molecule has 0 saturated carbocycles. The van der Waals surface area contributed by atoms with E-state index in [2.05, 4.69) is 29.0 Å². The molecule has 1 aromatic carbocycles. The predicted molar refractivity (Wildman–Crippen MR) is 132 cm³/mol. The van der Waals surface area contributed by atoms with Crippen molar-refractivity contribution in [3.05, 3.63) is 53.9 Å². The van der Waals surface area contributed by atoms with Gasteiger partial charge in [0, 0.05) is 64.2 Å². The van der Waals surface area contributed by atoms with E-state index in [0.29, 0.717) is 43.1 Å². The van der Waals surface area contributed by atoms with Gasteiger partial charge in [-0.2, -0.15) is 0 Å². The third-order valence-corrected chi connectivity index (χ3v) is 6.27. The van der Waals surface area contributed by atoms with Crippen LogP contribution in [0.5, 0.6) is 5.75 Å². The maximum atomic E-state index is 13.3. The number of anilines is 1. The number of likely N-dealkylation sites (N-methyl/N-ethyl adjacent to an activating group) is 1. The molecule has 34 heavy (non-hydrogen) atoms. The van der Waals surface area contributed by atoms with Gasteiger partial charge in [0.2, 0.25) is 5.91 Å². The second kappa shape index (κ2) is 11.9. The molecule has 3 rings (SSSR count). The highest BCUT2D eigenvalue weighted by Crippen LogP contribution is 2.27. The maximum absolute atomic E-state index is 13.3. The van der Waals surface area contributed by atoms with Gasteiger partial charge in [-0.15, -0.1) is 0 Å². The second-order valence-electron chi connectivity index (χ2n) is 8.96. The van der Waals surface area contributed by atoms with E-state index in [-0.39, 0.29) is 29.9 Å². The molecular formula is C26H36N4O4. The zero-order chi connectivity index (χ0) is 24.7. The van der Waals surface area contributed by atoms with Gasteiger partial charge in [-0.25, -0.2) is 0 Å². The summed E-state index contributed by atoms with van der Waals surface area (Å²) in [5.41, 5.74) is 2.05. The molecule has 0 unspecified atom stereocenters. The fourth-order valence-corrected chi connectivity index (χ4v) is 4.09. The predicted octanol–water partition coefficient (Wildman–Crippen LogP) is 3.44. The molecule has 8 heteroatoms. The first kappa shape index (κ1) is 25.6. The molecule has 1 aliphatic rings. The minimum atomic E-state index is -0.142.